The number of ether oxygens (including phenoxy) is 2. The summed E-state index contributed by atoms with van der Waals surface area (Å²) in [6.45, 7) is 2.03. The van der Waals surface area contributed by atoms with Crippen molar-refractivity contribution in [3.63, 3.8) is 0 Å². The Labute approximate surface area is 144 Å². The zero-order valence-corrected chi connectivity index (χ0v) is 14.8. The average molecular weight is 378 g/mol. The number of benzene rings is 2. The third-order valence-electron chi connectivity index (χ3n) is 3.45. The van der Waals surface area contributed by atoms with Crippen molar-refractivity contribution in [2.45, 2.75) is 19.4 Å². The highest BCUT2D eigenvalue weighted by atomic mass is 79.9. The Bertz CT molecular complexity index is 626. The summed E-state index contributed by atoms with van der Waals surface area (Å²) in [6, 6.07) is 15.0. The van der Waals surface area contributed by atoms with Gasteiger partial charge in [-0.3, -0.25) is 4.79 Å². The first-order valence-electron chi connectivity index (χ1n) is 7.44. The highest BCUT2D eigenvalue weighted by molar-refractivity contribution is 9.10. The largest absolute Gasteiger partial charge is 0.497 e. The summed E-state index contributed by atoms with van der Waals surface area (Å²) in [5.41, 5.74) is 1.05. The van der Waals surface area contributed by atoms with Gasteiger partial charge in [-0.2, -0.15) is 0 Å². The highest BCUT2D eigenvalue weighted by Gasteiger charge is 2.13. The van der Waals surface area contributed by atoms with Crippen molar-refractivity contribution in [2.24, 2.45) is 0 Å². The van der Waals surface area contributed by atoms with E-state index in [4.69, 9.17) is 9.47 Å². The van der Waals surface area contributed by atoms with E-state index >= 15 is 0 Å². The third kappa shape index (κ3) is 5.28. The minimum atomic E-state index is -0.143. The Kier molecular flexibility index (Phi) is 6.47. The number of carbonyl (C=O) groups is 1. The molecule has 0 fully saturated rings. The van der Waals surface area contributed by atoms with E-state index in [1.807, 2.05) is 55.5 Å². The molecule has 122 valence electrons. The zero-order valence-electron chi connectivity index (χ0n) is 13.2. The predicted molar refractivity (Wildman–Crippen MR) is 93.8 cm³/mol. The molecule has 0 bridgehead atoms. The molecule has 0 aliphatic carbocycles. The van der Waals surface area contributed by atoms with E-state index in [2.05, 4.69) is 21.2 Å². The summed E-state index contributed by atoms with van der Waals surface area (Å²) in [6.07, 6.45) is 0.802. The number of nitrogens with one attached hydrogen (secondary N) is 1. The smallest absolute Gasteiger partial charge is 0.258 e. The van der Waals surface area contributed by atoms with Gasteiger partial charge in [0.25, 0.3) is 5.91 Å². The van der Waals surface area contributed by atoms with Crippen LogP contribution in [-0.4, -0.2) is 19.6 Å². The fourth-order valence-electron chi connectivity index (χ4n) is 2.17. The molecule has 0 radical (unpaired) electrons. The van der Waals surface area contributed by atoms with E-state index in [1.165, 1.54) is 0 Å². The maximum Gasteiger partial charge on any atom is 0.258 e. The molecular weight excluding hydrogens is 358 g/mol. The van der Waals surface area contributed by atoms with Gasteiger partial charge in [-0.05, 0) is 48.4 Å². The van der Waals surface area contributed by atoms with E-state index in [9.17, 15) is 4.79 Å². The quantitative estimate of drug-likeness (QED) is 0.789. The standard InChI is InChI=1S/C18H20BrNO3/c1-3-17(13-4-8-15(22-2)9-5-13)20-18(21)12-23-16-10-6-14(19)7-11-16/h4-11,17H,3,12H2,1-2H3,(H,20,21)/t17-/m0/s1. The summed E-state index contributed by atoms with van der Waals surface area (Å²) >= 11 is 3.36. The van der Waals surface area contributed by atoms with Gasteiger partial charge in [-0.15, -0.1) is 0 Å². The molecule has 1 atom stereocenters. The number of halogens is 1. The molecule has 0 unspecified atom stereocenters. The first-order valence-corrected chi connectivity index (χ1v) is 8.23. The van der Waals surface area contributed by atoms with Crippen LogP contribution < -0.4 is 14.8 Å². The van der Waals surface area contributed by atoms with Crippen molar-refractivity contribution in [2.75, 3.05) is 13.7 Å². The van der Waals surface area contributed by atoms with Crippen molar-refractivity contribution in [1.29, 1.82) is 0 Å². The Hall–Kier alpha value is -2.01. The van der Waals surface area contributed by atoms with Crippen molar-refractivity contribution < 1.29 is 14.3 Å². The predicted octanol–water partition coefficient (Wildman–Crippen LogP) is 4.10. The van der Waals surface area contributed by atoms with Crippen molar-refractivity contribution in [3.05, 3.63) is 58.6 Å². The average Bonchev–Trinajstić information content (AvgIpc) is 2.59. The molecule has 0 spiro atoms. The molecule has 0 aromatic heterocycles. The molecule has 1 amide bonds. The lowest BCUT2D eigenvalue weighted by atomic mass is 10.0. The van der Waals surface area contributed by atoms with Gasteiger partial charge in [0.1, 0.15) is 11.5 Å². The Morgan fingerprint density at radius 2 is 1.70 bits per heavy atom. The number of methoxy groups -OCH3 is 1. The minimum Gasteiger partial charge on any atom is -0.497 e. The normalized spacial score (nSPS) is 11.6. The number of carbonyl (C=O) groups excluding carboxylic acids is 1. The SMILES string of the molecule is CC[C@H](NC(=O)COc1ccc(Br)cc1)c1ccc(OC)cc1. The molecule has 1 N–H and O–H groups in total. The second-order valence-corrected chi connectivity index (χ2v) is 5.96. The lowest BCUT2D eigenvalue weighted by molar-refractivity contribution is -0.123. The maximum atomic E-state index is 12.1. The van der Waals surface area contributed by atoms with Crippen LogP contribution in [-0.2, 0) is 4.79 Å². The number of rotatable bonds is 7. The van der Waals surface area contributed by atoms with Crippen LogP contribution in [0.5, 0.6) is 11.5 Å². The van der Waals surface area contributed by atoms with E-state index in [1.54, 1.807) is 7.11 Å². The monoisotopic (exact) mass is 377 g/mol. The van der Waals surface area contributed by atoms with Crippen LogP contribution >= 0.6 is 15.9 Å². The van der Waals surface area contributed by atoms with Crippen LogP contribution in [0.25, 0.3) is 0 Å². The first-order chi connectivity index (χ1) is 11.1. The molecule has 5 heteroatoms. The third-order valence-corrected chi connectivity index (χ3v) is 3.97. The van der Waals surface area contributed by atoms with E-state index in [-0.39, 0.29) is 18.6 Å². The minimum absolute atomic E-state index is 0.00567. The molecule has 2 aromatic carbocycles. The molecule has 2 rings (SSSR count). The summed E-state index contributed by atoms with van der Waals surface area (Å²) < 4.78 is 11.6. The van der Waals surface area contributed by atoms with Gasteiger partial charge in [-0.1, -0.05) is 35.0 Å². The summed E-state index contributed by atoms with van der Waals surface area (Å²) in [5, 5.41) is 2.99. The van der Waals surface area contributed by atoms with Crippen LogP contribution in [0, 0.1) is 0 Å². The van der Waals surface area contributed by atoms with Gasteiger partial charge in [0.2, 0.25) is 0 Å². The van der Waals surface area contributed by atoms with Crippen LogP contribution in [0.4, 0.5) is 0 Å². The molecule has 2 aromatic rings. The second-order valence-electron chi connectivity index (χ2n) is 5.04. The Balaban J connectivity index is 1.89. The number of hydrogen-bond acceptors (Lipinski definition) is 3. The van der Waals surface area contributed by atoms with Crippen molar-refractivity contribution in [1.82, 2.24) is 5.32 Å². The van der Waals surface area contributed by atoms with Gasteiger partial charge < -0.3 is 14.8 Å². The summed E-state index contributed by atoms with van der Waals surface area (Å²) in [7, 11) is 1.63. The molecule has 0 aliphatic heterocycles. The second kappa shape index (κ2) is 8.58. The van der Waals surface area contributed by atoms with Gasteiger partial charge in [0.15, 0.2) is 6.61 Å². The van der Waals surface area contributed by atoms with Crippen molar-refractivity contribution in [3.8, 4) is 11.5 Å². The van der Waals surface area contributed by atoms with Gasteiger partial charge in [0, 0.05) is 4.47 Å². The highest BCUT2D eigenvalue weighted by Crippen LogP contribution is 2.20. The zero-order chi connectivity index (χ0) is 16.7. The van der Waals surface area contributed by atoms with Crippen molar-refractivity contribution >= 4 is 21.8 Å². The molecule has 0 saturated heterocycles. The van der Waals surface area contributed by atoms with E-state index < -0.39 is 0 Å². The molecule has 4 nitrogen and oxygen atoms in total. The summed E-state index contributed by atoms with van der Waals surface area (Å²) in [5.74, 6) is 1.32. The maximum absolute atomic E-state index is 12.1. The van der Waals surface area contributed by atoms with Gasteiger partial charge in [-0.25, -0.2) is 0 Å². The Morgan fingerprint density at radius 1 is 1.09 bits per heavy atom. The van der Waals surface area contributed by atoms with Gasteiger partial charge in [0.05, 0.1) is 13.2 Å². The van der Waals surface area contributed by atoms with Crippen LogP contribution in [0.3, 0.4) is 0 Å². The Morgan fingerprint density at radius 3 is 2.26 bits per heavy atom. The lowest BCUT2D eigenvalue weighted by Crippen LogP contribution is -2.32. The molecule has 23 heavy (non-hydrogen) atoms. The number of hydrogen-bond donors (Lipinski definition) is 1. The molecular formula is C18H20BrNO3. The topological polar surface area (TPSA) is 47.6 Å². The molecule has 0 saturated carbocycles. The lowest BCUT2D eigenvalue weighted by Gasteiger charge is -2.18. The summed E-state index contributed by atoms with van der Waals surface area (Å²) in [4.78, 5) is 12.1. The number of amides is 1. The van der Waals surface area contributed by atoms with Crippen LogP contribution in [0.1, 0.15) is 24.9 Å². The van der Waals surface area contributed by atoms with Gasteiger partial charge >= 0.3 is 0 Å². The van der Waals surface area contributed by atoms with Crippen LogP contribution in [0.2, 0.25) is 0 Å². The first kappa shape index (κ1) is 17.3. The van der Waals surface area contributed by atoms with Crippen LogP contribution in [0.15, 0.2) is 53.0 Å². The van der Waals surface area contributed by atoms with E-state index in [0.29, 0.717) is 5.75 Å². The fraction of sp³-hybridized carbons (Fsp3) is 0.278. The molecule has 0 aliphatic rings. The molecule has 0 heterocycles. The van der Waals surface area contributed by atoms with E-state index in [0.717, 1.165) is 22.2 Å². The fourth-order valence-corrected chi connectivity index (χ4v) is 2.44.